The highest BCUT2D eigenvalue weighted by atomic mass is 19.4. The number of pyridine rings is 1. The average Bonchev–Trinajstić information content (AvgIpc) is 2.68. The Labute approximate surface area is 180 Å². The number of benzene rings is 2. The minimum absolute atomic E-state index is 0.168. The molecule has 174 valence electrons. The first kappa shape index (κ1) is 23.8. The molecule has 3 rings (SSSR count). The highest BCUT2D eigenvalue weighted by Gasteiger charge is 2.42. The number of anilines is 1. The maximum Gasteiger partial charge on any atom is 0.417 e. The molecule has 0 radical (unpaired) electrons. The molecule has 12 heteroatoms. The predicted molar refractivity (Wildman–Crippen MR) is 103 cm³/mol. The Morgan fingerprint density at radius 2 is 1.64 bits per heavy atom. The van der Waals surface area contributed by atoms with Gasteiger partial charge in [0.05, 0.1) is 16.7 Å². The Hall–Kier alpha value is -3.83. The highest BCUT2D eigenvalue weighted by molar-refractivity contribution is 6.07. The molecule has 0 aliphatic rings. The van der Waals surface area contributed by atoms with Gasteiger partial charge in [-0.3, -0.25) is 9.59 Å². The zero-order valence-electron chi connectivity index (χ0n) is 16.5. The van der Waals surface area contributed by atoms with Gasteiger partial charge in [0.2, 0.25) is 5.56 Å². The van der Waals surface area contributed by atoms with E-state index >= 15 is 0 Å². The summed E-state index contributed by atoms with van der Waals surface area (Å²) in [7, 11) is 0. The Balaban J connectivity index is 2.22. The second-order valence-electron chi connectivity index (χ2n) is 6.82. The smallest absolute Gasteiger partial charge is 0.417 e. The van der Waals surface area contributed by atoms with E-state index in [1.165, 1.54) is 13.0 Å². The van der Waals surface area contributed by atoms with Crippen molar-refractivity contribution in [3.05, 3.63) is 87.1 Å². The normalized spacial score (nSPS) is 11.9. The molecule has 0 fully saturated rings. The van der Waals surface area contributed by atoms with Crippen LogP contribution in [0.1, 0.15) is 27.0 Å². The molecule has 2 N–H and O–H groups in total. The van der Waals surface area contributed by atoms with Gasteiger partial charge in [0.15, 0.2) is 11.6 Å². The number of halogens is 7. The maximum atomic E-state index is 14.2. The molecule has 2 aromatic carbocycles. The molecule has 33 heavy (non-hydrogen) atoms. The Bertz CT molecular complexity index is 1260. The molecule has 3 aromatic rings. The van der Waals surface area contributed by atoms with Crippen molar-refractivity contribution in [2.75, 3.05) is 5.32 Å². The molecular formula is C21H13F7N2O3. The molecule has 1 heterocycles. The first-order valence-electron chi connectivity index (χ1n) is 9.02. The van der Waals surface area contributed by atoms with Crippen molar-refractivity contribution in [3.63, 3.8) is 0 Å². The average molecular weight is 474 g/mol. The van der Waals surface area contributed by atoms with Crippen molar-refractivity contribution >= 4 is 11.6 Å². The molecule has 0 saturated heterocycles. The van der Waals surface area contributed by atoms with E-state index in [0.717, 1.165) is 30.5 Å². The molecule has 5 nitrogen and oxygen atoms in total. The first-order valence-corrected chi connectivity index (χ1v) is 9.02. The number of carbonyl (C=O) groups is 1. The minimum atomic E-state index is -5.41. The number of alkyl halides is 6. The SMILES string of the molecule is Cc1ccc(Oc2cc(C(F)(F)F)cc(C(F)(F)F)c2C(=O)Nc2cc[nH]c(=O)c2)c(F)c1. The van der Waals surface area contributed by atoms with Crippen LogP contribution in [-0.4, -0.2) is 10.9 Å². The van der Waals surface area contributed by atoms with Crippen molar-refractivity contribution < 1.29 is 40.3 Å². The van der Waals surface area contributed by atoms with Gasteiger partial charge in [-0.15, -0.1) is 0 Å². The lowest BCUT2D eigenvalue weighted by Crippen LogP contribution is -2.22. The summed E-state index contributed by atoms with van der Waals surface area (Å²) in [5.41, 5.74) is -5.56. The summed E-state index contributed by atoms with van der Waals surface area (Å²) in [5.74, 6) is -4.47. The summed E-state index contributed by atoms with van der Waals surface area (Å²) in [5, 5.41) is 2.01. The lowest BCUT2D eigenvalue weighted by molar-refractivity contribution is -0.143. The van der Waals surface area contributed by atoms with Crippen LogP contribution in [0.15, 0.2) is 53.5 Å². The zero-order valence-corrected chi connectivity index (χ0v) is 16.5. The van der Waals surface area contributed by atoms with Gasteiger partial charge < -0.3 is 15.0 Å². The third kappa shape index (κ3) is 5.51. The lowest BCUT2D eigenvalue weighted by Gasteiger charge is -2.20. The summed E-state index contributed by atoms with van der Waals surface area (Å²) >= 11 is 0. The number of amides is 1. The number of aromatic amines is 1. The van der Waals surface area contributed by atoms with Gasteiger partial charge in [0.25, 0.3) is 5.91 Å². The molecule has 1 aromatic heterocycles. The molecule has 0 saturated carbocycles. The van der Waals surface area contributed by atoms with Crippen molar-refractivity contribution in [2.45, 2.75) is 19.3 Å². The van der Waals surface area contributed by atoms with Crippen LogP contribution >= 0.6 is 0 Å². The summed E-state index contributed by atoms with van der Waals surface area (Å²) < 4.78 is 100. The number of hydrogen-bond acceptors (Lipinski definition) is 3. The van der Waals surface area contributed by atoms with Crippen LogP contribution in [0.4, 0.5) is 36.4 Å². The van der Waals surface area contributed by atoms with E-state index in [9.17, 15) is 40.3 Å². The van der Waals surface area contributed by atoms with Crippen LogP contribution in [0.2, 0.25) is 0 Å². The van der Waals surface area contributed by atoms with E-state index in [1.807, 2.05) is 5.32 Å². The zero-order chi connectivity index (χ0) is 24.6. The van der Waals surface area contributed by atoms with E-state index in [-0.39, 0.29) is 17.8 Å². The van der Waals surface area contributed by atoms with Crippen molar-refractivity contribution in [1.29, 1.82) is 0 Å². The lowest BCUT2D eigenvalue weighted by atomic mass is 10.0. The topological polar surface area (TPSA) is 71.2 Å². The van der Waals surface area contributed by atoms with E-state index in [0.29, 0.717) is 5.56 Å². The third-order valence-electron chi connectivity index (χ3n) is 4.30. The fourth-order valence-electron chi connectivity index (χ4n) is 2.84. The van der Waals surface area contributed by atoms with Gasteiger partial charge in [-0.05, 0) is 42.8 Å². The van der Waals surface area contributed by atoms with E-state index in [4.69, 9.17) is 4.74 Å². The molecular weight excluding hydrogens is 461 g/mol. The quantitative estimate of drug-likeness (QED) is 0.463. The minimum Gasteiger partial charge on any atom is -0.453 e. The highest BCUT2D eigenvalue weighted by Crippen LogP contribution is 2.43. The van der Waals surface area contributed by atoms with Gasteiger partial charge in [0.1, 0.15) is 5.75 Å². The number of rotatable bonds is 4. The molecule has 0 aliphatic carbocycles. The fraction of sp³-hybridized carbons (Fsp3) is 0.143. The van der Waals surface area contributed by atoms with Gasteiger partial charge in [0, 0.05) is 18.0 Å². The van der Waals surface area contributed by atoms with Gasteiger partial charge in [-0.1, -0.05) is 6.07 Å². The van der Waals surface area contributed by atoms with Crippen molar-refractivity contribution in [1.82, 2.24) is 4.98 Å². The van der Waals surface area contributed by atoms with Gasteiger partial charge in [-0.25, -0.2) is 4.39 Å². The van der Waals surface area contributed by atoms with E-state index in [2.05, 4.69) is 4.98 Å². The second kappa shape index (κ2) is 8.60. The monoisotopic (exact) mass is 474 g/mol. The van der Waals surface area contributed by atoms with Crippen LogP contribution in [0.25, 0.3) is 0 Å². The number of aromatic nitrogens is 1. The second-order valence-corrected chi connectivity index (χ2v) is 6.82. The molecule has 0 aliphatic heterocycles. The van der Waals surface area contributed by atoms with Crippen molar-refractivity contribution in [3.8, 4) is 11.5 Å². The number of carbonyl (C=O) groups excluding carboxylic acids is 1. The molecule has 0 spiro atoms. The summed E-state index contributed by atoms with van der Waals surface area (Å²) in [6.45, 7) is 1.50. The number of ether oxygens (including phenoxy) is 1. The molecule has 0 unspecified atom stereocenters. The Kier molecular flexibility index (Phi) is 6.21. The largest absolute Gasteiger partial charge is 0.453 e. The Morgan fingerprint density at radius 3 is 2.21 bits per heavy atom. The van der Waals surface area contributed by atoms with E-state index < -0.39 is 57.8 Å². The van der Waals surface area contributed by atoms with Gasteiger partial charge >= 0.3 is 12.4 Å². The van der Waals surface area contributed by atoms with Crippen LogP contribution in [0, 0.1) is 12.7 Å². The van der Waals surface area contributed by atoms with Crippen LogP contribution < -0.4 is 15.6 Å². The first-order chi connectivity index (χ1) is 15.3. The molecule has 0 atom stereocenters. The maximum absolute atomic E-state index is 14.2. The van der Waals surface area contributed by atoms with Crippen molar-refractivity contribution in [2.24, 2.45) is 0 Å². The number of aryl methyl sites for hydroxylation is 1. The van der Waals surface area contributed by atoms with E-state index in [1.54, 1.807) is 0 Å². The fourth-order valence-corrected chi connectivity index (χ4v) is 2.84. The standard InChI is InChI=1S/C21H13F7N2O3/c1-10-2-3-15(14(22)6-10)33-16-8-11(20(23,24)25)7-13(21(26,27)28)18(16)19(32)30-12-4-5-29-17(31)9-12/h2-9H,1H3,(H2,29,30,31,32). The summed E-state index contributed by atoms with van der Waals surface area (Å²) in [4.78, 5) is 26.3. The summed E-state index contributed by atoms with van der Waals surface area (Å²) in [6, 6.07) is 5.16. The Morgan fingerprint density at radius 1 is 0.939 bits per heavy atom. The van der Waals surface area contributed by atoms with Crippen LogP contribution in [0.5, 0.6) is 11.5 Å². The molecule has 0 bridgehead atoms. The van der Waals surface area contributed by atoms with Gasteiger partial charge in [-0.2, -0.15) is 26.3 Å². The predicted octanol–water partition coefficient (Wildman–Crippen LogP) is 5.90. The van der Waals surface area contributed by atoms with Crippen LogP contribution in [0.3, 0.4) is 0 Å². The number of nitrogens with one attached hydrogen (secondary N) is 2. The number of hydrogen-bond donors (Lipinski definition) is 2. The third-order valence-corrected chi connectivity index (χ3v) is 4.30. The molecule has 1 amide bonds. The number of H-pyrrole nitrogens is 1. The summed E-state index contributed by atoms with van der Waals surface area (Å²) in [6.07, 6.45) is -9.55. The van der Waals surface area contributed by atoms with Crippen LogP contribution in [-0.2, 0) is 12.4 Å².